The molecule has 0 aliphatic heterocycles. The zero-order valence-electron chi connectivity index (χ0n) is 14.0. The van der Waals surface area contributed by atoms with Gasteiger partial charge < -0.3 is 5.32 Å². The minimum atomic E-state index is -3.95. The summed E-state index contributed by atoms with van der Waals surface area (Å²) in [6.45, 7) is 1.44. The van der Waals surface area contributed by atoms with Crippen LogP contribution >= 0.6 is 34.8 Å². The molecule has 0 bridgehead atoms. The molecule has 9 heteroatoms. The van der Waals surface area contributed by atoms with E-state index in [4.69, 9.17) is 34.8 Å². The van der Waals surface area contributed by atoms with Crippen molar-refractivity contribution in [3.8, 4) is 0 Å². The molecule has 0 radical (unpaired) electrons. The van der Waals surface area contributed by atoms with Gasteiger partial charge in [-0.2, -0.15) is 4.31 Å². The molecule has 140 valence electrons. The molecule has 26 heavy (non-hydrogen) atoms. The van der Waals surface area contributed by atoms with Crippen molar-refractivity contribution >= 4 is 50.7 Å². The Kier molecular flexibility index (Phi) is 6.93. The Bertz CT molecular complexity index is 902. The summed E-state index contributed by atoms with van der Waals surface area (Å²) < 4.78 is 26.2. The van der Waals surface area contributed by atoms with Crippen LogP contribution in [0.1, 0.15) is 18.5 Å². The number of halogens is 3. The van der Waals surface area contributed by atoms with Crippen LogP contribution in [0.2, 0.25) is 15.1 Å². The van der Waals surface area contributed by atoms with E-state index in [9.17, 15) is 13.2 Å². The molecule has 0 fully saturated rings. The number of carbonyl (C=O) groups is 1. The Balaban J connectivity index is 2.08. The highest BCUT2D eigenvalue weighted by molar-refractivity contribution is 7.89. The van der Waals surface area contributed by atoms with Gasteiger partial charge in [0.1, 0.15) is 4.90 Å². The van der Waals surface area contributed by atoms with Crippen molar-refractivity contribution < 1.29 is 13.2 Å². The zero-order valence-corrected chi connectivity index (χ0v) is 17.1. The number of carbonyl (C=O) groups excluding carboxylic acids is 1. The van der Waals surface area contributed by atoms with Gasteiger partial charge in [-0.25, -0.2) is 8.42 Å². The number of rotatable bonds is 6. The van der Waals surface area contributed by atoms with Gasteiger partial charge in [-0.05, 0) is 42.8 Å². The monoisotopic (exact) mass is 434 g/mol. The van der Waals surface area contributed by atoms with Crippen LogP contribution in [0.3, 0.4) is 0 Å². The molecule has 1 N–H and O–H groups in total. The van der Waals surface area contributed by atoms with E-state index in [0.717, 1.165) is 9.87 Å². The van der Waals surface area contributed by atoms with Crippen molar-refractivity contribution in [2.75, 3.05) is 13.6 Å². The lowest BCUT2D eigenvalue weighted by atomic mass is 10.1. The maximum Gasteiger partial charge on any atom is 0.244 e. The summed E-state index contributed by atoms with van der Waals surface area (Å²) in [5.74, 6) is -0.448. The molecular weight excluding hydrogens is 419 g/mol. The van der Waals surface area contributed by atoms with Crippen molar-refractivity contribution in [2.45, 2.75) is 17.9 Å². The van der Waals surface area contributed by atoms with Gasteiger partial charge in [-0.15, -0.1) is 0 Å². The first-order chi connectivity index (χ1) is 12.1. The predicted molar refractivity (Wildman–Crippen MR) is 104 cm³/mol. The molecule has 2 aromatic rings. The van der Waals surface area contributed by atoms with E-state index >= 15 is 0 Å². The minimum Gasteiger partial charge on any atom is -0.348 e. The van der Waals surface area contributed by atoms with Crippen molar-refractivity contribution in [3.05, 3.63) is 63.1 Å². The average Bonchev–Trinajstić information content (AvgIpc) is 2.57. The molecule has 0 spiro atoms. The molecule has 2 rings (SSSR count). The molecule has 0 aromatic heterocycles. The van der Waals surface area contributed by atoms with Crippen LogP contribution in [-0.4, -0.2) is 32.2 Å². The number of hydrogen-bond donors (Lipinski definition) is 1. The summed E-state index contributed by atoms with van der Waals surface area (Å²) in [5, 5.41) is 3.62. The van der Waals surface area contributed by atoms with Crippen LogP contribution in [0.4, 0.5) is 0 Å². The molecular formula is C17H17Cl3N2O3S. The Hall–Kier alpha value is -1.31. The Labute approximate surface area is 167 Å². The lowest BCUT2D eigenvalue weighted by Gasteiger charge is -2.20. The smallest absolute Gasteiger partial charge is 0.244 e. The highest BCUT2D eigenvalue weighted by atomic mass is 35.5. The fourth-order valence-corrected chi connectivity index (χ4v) is 4.24. The number of likely N-dealkylation sites (N-methyl/N-ethyl adjacent to an activating group) is 1. The maximum atomic E-state index is 12.6. The molecule has 2 aromatic carbocycles. The van der Waals surface area contributed by atoms with Crippen LogP contribution < -0.4 is 5.32 Å². The number of amides is 1. The van der Waals surface area contributed by atoms with Gasteiger partial charge >= 0.3 is 0 Å². The van der Waals surface area contributed by atoms with Gasteiger partial charge in [0.15, 0.2) is 0 Å². The molecule has 0 heterocycles. The Morgan fingerprint density at radius 3 is 2.27 bits per heavy atom. The van der Waals surface area contributed by atoms with Crippen LogP contribution in [0, 0.1) is 0 Å². The molecule has 1 unspecified atom stereocenters. The lowest BCUT2D eigenvalue weighted by molar-refractivity contribution is -0.121. The van der Waals surface area contributed by atoms with Crippen molar-refractivity contribution in [1.82, 2.24) is 9.62 Å². The van der Waals surface area contributed by atoms with Gasteiger partial charge in [0, 0.05) is 17.1 Å². The topological polar surface area (TPSA) is 66.5 Å². The third-order valence-corrected chi connectivity index (χ3v) is 6.47. The number of sulfonamides is 1. The third kappa shape index (κ3) is 5.11. The first-order valence-electron chi connectivity index (χ1n) is 7.57. The fraction of sp³-hybridized carbons (Fsp3) is 0.235. The van der Waals surface area contributed by atoms with E-state index in [2.05, 4.69) is 5.32 Å². The second kappa shape index (κ2) is 8.59. The first kappa shape index (κ1) is 21.0. The second-order valence-electron chi connectivity index (χ2n) is 5.68. The summed E-state index contributed by atoms with van der Waals surface area (Å²) >= 11 is 17.7. The minimum absolute atomic E-state index is 0.0381. The summed E-state index contributed by atoms with van der Waals surface area (Å²) in [6.07, 6.45) is 0. The van der Waals surface area contributed by atoms with Gasteiger partial charge in [-0.1, -0.05) is 46.9 Å². The Morgan fingerprint density at radius 2 is 1.65 bits per heavy atom. The van der Waals surface area contributed by atoms with Crippen molar-refractivity contribution in [3.63, 3.8) is 0 Å². The first-order valence-corrected chi connectivity index (χ1v) is 10.1. The SMILES string of the molecule is CC(NC(=O)CN(C)S(=O)(=O)c1cc(Cl)ccc1Cl)c1ccc(Cl)cc1. The Morgan fingerprint density at radius 1 is 1.08 bits per heavy atom. The highest BCUT2D eigenvalue weighted by Gasteiger charge is 2.26. The molecule has 0 saturated carbocycles. The number of nitrogens with one attached hydrogen (secondary N) is 1. The summed E-state index contributed by atoms with van der Waals surface area (Å²) in [6, 6.07) is 10.9. The largest absolute Gasteiger partial charge is 0.348 e. The van der Waals surface area contributed by atoms with Crippen LogP contribution in [0.25, 0.3) is 0 Å². The molecule has 1 amide bonds. The highest BCUT2D eigenvalue weighted by Crippen LogP contribution is 2.27. The van der Waals surface area contributed by atoms with Crippen molar-refractivity contribution in [2.24, 2.45) is 0 Å². The quantitative estimate of drug-likeness (QED) is 0.741. The fourth-order valence-electron chi connectivity index (χ4n) is 2.25. The number of benzene rings is 2. The normalized spacial score (nSPS) is 12.8. The van der Waals surface area contributed by atoms with Crippen LogP contribution in [0.5, 0.6) is 0 Å². The van der Waals surface area contributed by atoms with Crippen LogP contribution in [0.15, 0.2) is 47.4 Å². The zero-order chi connectivity index (χ0) is 19.5. The summed E-state index contributed by atoms with van der Waals surface area (Å²) in [7, 11) is -2.65. The van der Waals surface area contributed by atoms with Crippen LogP contribution in [-0.2, 0) is 14.8 Å². The molecule has 5 nitrogen and oxygen atoms in total. The van der Waals surface area contributed by atoms with Crippen molar-refractivity contribution in [1.29, 1.82) is 0 Å². The van der Waals surface area contributed by atoms with E-state index < -0.39 is 15.9 Å². The van der Waals surface area contributed by atoms with Gasteiger partial charge in [0.05, 0.1) is 17.6 Å². The number of hydrogen-bond acceptors (Lipinski definition) is 3. The molecule has 1 atom stereocenters. The third-order valence-electron chi connectivity index (χ3n) is 3.70. The van der Waals surface area contributed by atoms with E-state index in [1.807, 2.05) is 0 Å². The molecule has 0 saturated heterocycles. The summed E-state index contributed by atoms with van der Waals surface area (Å²) in [5.41, 5.74) is 0.853. The van der Waals surface area contributed by atoms with E-state index in [1.165, 1.54) is 25.2 Å². The maximum absolute atomic E-state index is 12.6. The molecule has 0 aliphatic carbocycles. The second-order valence-corrected chi connectivity index (χ2v) is 8.97. The predicted octanol–water partition coefficient (Wildman–Crippen LogP) is 4.14. The standard InChI is InChI=1S/C17H17Cl3N2O3S/c1-11(12-3-5-13(18)6-4-12)21-17(23)10-22(2)26(24,25)16-9-14(19)7-8-15(16)20/h3-9,11H,10H2,1-2H3,(H,21,23). The van der Waals surface area contributed by atoms with Gasteiger partial charge in [0.25, 0.3) is 0 Å². The van der Waals surface area contributed by atoms with Gasteiger partial charge in [0.2, 0.25) is 15.9 Å². The summed E-state index contributed by atoms with van der Waals surface area (Å²) in [4.78, 5) is 12.1. The van der Waals surface area contributed by atoms with E-state index in [-0.39, 0.29) is 27.5 Å². The molecule has 0 aliphatic rings. The van der Waals surface area contributed by atoms with Gasteiger partial charge in [-0.3, -0.25) is 4.79 Å². The number of nitrogens with zero attached hydrogens (tertiary/aromatic N) is 1. The lowest BCUT2D eigenvalue weighted by Crippen LogP contribution is -2.39. The van der Waals surface area contributed by atoms with E-state index in [0.29, 0.717) is 5.02 Å². The van der Waals surface area contributed by atoms with E-state index in [1.54, 1.807) is 31.2 Å². The average molecular weight is 436 g/mol.